The van der Waals surface area contributed by atoms with Crippen molar-refractivity contribution >= 4 is 17.5 Å². The lowest BCUT2D eigenvalue weighted by Crippen LogP contribution is -2.35. The van der Waals surface area contributed by atoms with Crippen LogP contribution in [0.1, 0.15) is 43.4 Å². The fourth-order valence-electron chi connectivity index (χ4n) is 3.08. The Morgan fingerprint density at radius 3 is 2.64 bits per heavy atom. The first-order valence-electron chi connectivity index (χ1n) is 8.83. The Labute approximate surface area is 154 Å². The molecule has 4 heteroatoms. The highest BCUT2D eigenvalue weighted by Gasteiger charge is 2.51. The third-order valence-electron chi connectivity index (χ3n) is 4.81. The van der Waals surface area contributed by atoms with E-state index >= 15 is 0 Å². The maximum atomic E-state index is 12.6. The van der Waals surface area contributed by atoms with E-state index in [1.54, 1.807) is 0 Å². The van der Waals surface area contributed by atoms with Crippen molar-refractivity contribution in [3.63, 3.8) is 0 Å². The summed E-state index contributed by atoms with van der Waals surface area (Å²) in [6.07, 6.45) is 2.65. The van der Waals surface area contributed by atoms with Gasteiger partial charge in [-0.05, 0) is 49.4 Å². The third kappa shape index (κ3) is 4.42. The summed E-state index contributed by atoms with van der Waals surface area (Å²) in [7, 11) is 0. The molecule has 25 heavy (non-hydrogen) atoms. The summed E-state index contributed by atoms with van der Waals surface area (Å²) in [4.78, 5) is 12.6. The Hall–Kier alpha value is -1.84. The Balaban J connectivity index is 1.41. The van der Waals surface area contributed by atoms with Crippen molar-refractivity contribution in [3.05, 3.63) is 70.7 Å². The molecule has 0 bridgehead atoms. The predicted octanol–water partition coefficient (Wildman–Crippen LogP) is 4.66. The Morgan fingerprint density at radius 2 is 1.96 bits per heavy atom. The van der Waals surface area contributed by atoms with Crippen LogP contribution in [0.2, 0.25) is 5.02 Å². The standard InChI is InChI=1S/C21H24ClNO2/c1-16(17-7-3-2-4-8-17)25-14-6-13-23-20(24)21(11-12-21)18-9-5-10-19(22)15-18/h2-5,7-10,15-16H,6,11-14H2,1H3,(H,23,24). The second-order valence-corrected chi connectivity index (χ2v) is 7.06. The molecule has 1 aliphatic rings. The molecule has 0 aromatic heterocycles. The highest BCUT2D eigenvalue weighted by Crippen LogP contribution is 2.48. The number of amides is 1. The van der Waals surface area contributed by atoms with Crippen LogP contribution < -0.4 is 5.32 Å². The zero-order chi connectivity index (χ0) is 17.7. The second kappa shape index (κ2) is 8.03. The van der Waals surface area contributed by atoms with Gasteiger partial charge in [-0.15, -0.1) is 0 Å². The molecule has 0 spiro atoms. The van der Waals surface area contributed by atoms with Crippen LogP contribution in [-0.4, -0.2) is 19.1 Å². The molecular weight excluding hydrogens is 334 g/mol. The molecule has 1 N–H and O–H groups in total. The lowest BCUT2D eigenvalue weighted by molar-refractivity contribution is -0.123. The Bertz CT molecular complexity index is 713. The Kier molecular flexibility index (Phi) is 5.77. The molecule has 2 aromatic rings. The van der Waals surface area contributed by atoms with Gasteiger partial charge in [0.05, 0.1) is 11.5 Å². The minimum atomic E-state index is -0.372. The first kappa shape index (κ1) is 18.0. The van der Waals surface area contributed by atoms with Crippen molar-refractivity contribution in [1.29, 1.82) is 0 Å². The van der Waals surface area contributed by atoms with Crippen molar-refractivity contribution in [1.82, 2.24) is 5.32 Å². The molecular formula is C21H24ClNO2. The van der Waals surface area contributed by atoms with Crippen LogP contribution in [0.5, 0.6) is 0 Å². The van der Waals surface area contributed by atoms with Crippen LogP contribution in [0.3, 0.4) is 0 Å². The normalized spacial score (nSPS) is 16.2. The summed E-state index contributed by atoms with van der Waals surface area (Å²) in [5, 5.41) is 3.74. The van der Waals surface area contributed by atoms with Crippen LogP contribution in [0.15, 0.2) is 54.6 Å². The van der Waals surface area contributed by atoms with E-state index in [1.807, 2.05) is 49.4 Å². The summed E-state index contributed by atoms with van der Waals surface area (Å²) in [5.41, 5.74) is 1.82. The summed E-state index contributed by atoms with van der Waals surface area (Å²) >= 11 is 6.06. The second-order valence-electron chi connectivity index (χ2n) is 6.63. The van der Waals surface area contributed by atoms with Crippen molar-refractivity contribution in [2.45, 2.75) is 37.7 Å². The van der Waals surface area contributed by atoms with Gasteiger partial charge in [-0.1, -0.05) is 54.1 Å². The quantitative estimate of drug-likeness (QED) is 0.698. The van der Waals surface area contributed by atoms with Crippen molar-refractivity contribution < 1.29 is 9.53 Å². The number of hydrogen-bond donors (Lipinski definition) is 1. The van der Waals surface area contributed by atoms with Crippen LogP contribution in [-0.2, 0) is 14.9 Å². The number of carbonyl (C=O) groups excluding carboxylic acids is 1. The molecule has 1 aliphatic carbocycles. The van der Waals surface area contributed by atoms with E-state index < -0.39 is 0 Å². The SMILES string of the molecule is CC(OCCCNC(=O)C1(c2cccc(Cl)c2)CC1)c1ccccc1. The van der Waals surface area contributed by atoms with Crippen LogP contribution >= 0.6 is 11.6 Å². The minimum Gasteiger partial charge on any atom is -0.374 e. The van der Waals surface area contributed by atoms with Gasteiger partial charge in [0, 0.05) is 18.2 Å². The molecule has 1 atom stereocenters. The molecule has 3 nitrogen and oxygen atoms in total. The molecule has 132 valence electrons. The summed E-state index contributed by atoms with van der Waals surface area (Å²) < 4.78 is 5.84. The van der Waals surface area contributed by atoms with Gasteiger partial charge in [-0.3, -0.25) is 4.79 Å². The van der Waals surface area contributed by atoms with Gasteiger partial charge in [0.25, 0.3) is 0 Å². The number of rotatable bonds is 8. The van der Waals surface area contributed by atoms with E-state index in [0.29, 0.717) is 18.2 Å². The summed E-state index contributed by atoms with van der Waals surface area (Å²) in [6, 6.07) is 17.8. The zero-order valence-corrected chi connectivity index (χ0v) is 15.3. The van der Waals surface area contributed by atoms with E-state index in [9.17, 15) is 4.79 Å². The number of benzene rings is 2. The Morgan fingerprint density at radius 1 is 1.20 bits per heavy atom. The van der Waals surface area contributed by atoms with Gasteiger partial charge in [-0.2, -0.15) is 0 Å². The molecule has 1 amide bonds. The van der Waals surface area contributed by atoms with E-state index in [1.165, 1.54) is 5.56 Å². The highest BCUT2D eigenvalue weighted by molar-refractivity contribution is 6.30. The van der Waals surface area contributed by atoms with E-state index in [0.717, 1.165) is 24.8 Å². The van der Waals surface area contributed by atoms with Crippen LogP contribution in [0.4, 0.5) is 0 Å². The average Bonchev–Trinajstić information content (AvgIpc) is 3.44. The molecule has 1 fully saturated rings. The molecule has 1 unspecified atom stereocenters. The lowest BCUT2D eigenvalue weighted by atomic mass is 9.95. The summed E-state index contributed by atoms with van der Waals surface area (Å²) in [6.45, 7) is 3.30. The number of hydrogen-bond acceptors (Lipinski definition) is 2. The van der Waals surface area contributed by atoms with E-state index in [2.05, 4.69) is 17.4 Å². The summed E-state index contributed by atoms with van der Waals surface area (Å²) in [5.74, 6) is 0.103. The first-order valence-corrected chi connectivity index (χ1v) is 9.20. The van der Waals surface area contributed by atoms with Crippen molar-refractivity contribution in [3.8, 4) is 0 Å². The number of halogens is 1. The van der Waals surface area contributed by atoms with Gasteiger partial charge in [0.15, 0.2) is 0 Å². The van der Waals surface area contributed by atoms with Crippen LogP contribution in [0, 0.1) is 0 Å². The predicted molar refractivity (Wildman–Crippen MR) is 101 cm³/mol. The molecule has 3 rings (SSSR count). The lowest BCUT2D eigenvalue weighted by Gasteiger charge is -2.17. The topological polar surface area (TPSA) is 38.3 Å². The molecule has 0 heterocycles. The molecule has 2 aromatic carbocycles. The van der Waals surface area contributed by atoms with Crippen molar-refractivity contribution in [2.75, 3.05) is 13.2 Å². The first-order chi connectivity index (χ1) is 12.1. The largest absolute Gasteiger partial charge is 0.374 e. The fourth-order valence-corrected chi connectivity index (χ4v) is 3.27. The zero-order valence-electron chi connectivity index (χ0n) is 14.5. The average molecular weight is 358 g/mol. The molecule has 0 radical (unpaired) electrons. The maximum absolute atomic E-state index is 12.6. The van der Waals surface area contributed by atoms with Gasteiger partial charge >= 0.3 is 0 Å². The number of nitrogens with one attached hydrogen (secondary N) is 1. The van der Waals surface area contributed by atoms with Gasteiger partial charge in [0.2, 0.25) is 5.91 Å². The number of ether oxygens (including phenoxy) is 1. The molecule has 1 saturated carbocycles. The maximum Gasteiger partial charge on any atom is 0.230 e. The van der Waals surface area contributed by atoms with Gasteiger partial charge < -0.3 is 10.1 Å². The van der Waals surface area contributed by atoms with Crippen molar-refractivity contribution in [2.24, 2.45) is 0 Å². The third-order valence-corrected chi connectivity index (χ3v) is 5.04. The smallest absolute Gasteiger partial charge is 0.230 e. The van der Waals surface area contributed by atoms with Crippen LogP contribution in [0.25, 0.3) is 0 Å². The molecule has 0 aliphatic heterocycles. The monoisotopic (exact) mass is 357 g/mol. The van der Waals surface area contributed by atoms with E-state index in [4.69, 9.17) is 16.3 Å². The van der Waals surface area contributed by atoms with Gasteiger partial charge in [-0.25, -0.2) is 0 Å². The number of carbonyl (C=O) groups is 1. The van der Waals surface area contributed by atoms with E-state index in [-0.39, 0.29) is 17.4 Å². The fraction of sp³-hybridized carbons (Fsp3) is 0.381. The minimum absolute atomic E-state index is 0.0677. The molecule has 0 saturated heterocycles. The highest BCUT2D eigenvalue weighted by atomic mass is 35.5. The van der Waals surface area contributed by atoms with Gasteiger partial charge in [0.1, 0.15) is 0 Å².